The van der Waals surface area contributed by atoms with Gasteiger partial charge in [0.15, 0.2) is 0 Å². The molecule has 26 heavy (non-hydrogen) atoms. The molecule has 0 aromatic heterocycles. The summed E-state index contributed by atoms with van der Waals surface area (Å²) >= 11 is 0. The molecule has 0 aliphatic heterocycles. The molecule has 2 aromatic rings. The van der Waals surface area contributed by atoms with Gasteiger partial charge in [0.1, 0.15) is 5.75 Å². The zero-order valence-corrected chi connectivity index (χ0v) is 15.7. The highest BCUT2D eigenvalue weighted by Crippen LogP contribution is 2.14. The minimum absolute atomic E-state index is 0.0920. The van der Waals surface area contributed by atoms with E-state index < -0.39 is 0 Å². The van der Waals surface area contributed by atoms with Gasteiger partial charge < -0.3 is 15.4 Å². The number of hydrogen-bond acceptors (Lipinski definition) is 4. The number of hydrogen-bond donors (Lipinski definition) is 1. The van der Waals surface area contributed by atoms with Gasteiger partial charge in [-0.15, -0.1) is 0 Å². The maximum Gasteiger partial charge on any atom is 0.236 e. The minimum atomic E-state index is 0.0920. The first-order chi connectivity index (χ1) is 12.6. The molecule has 140 valence electrons. The van der Waals surface area contributed by atoms with Crippen molar-refractivity contribution in [1.82, 2.24) is 9.80 Å². The van der Waals surface area contributed by atoms with Crippen LogP contribution >= 0.6 is 0 Å². The first kappa shape index (κ1) is 19.9. The minimum Gasteiger partial charge on any atom is -0.497 e. The van der Waals surface area contributed by atoms with Crippen LogP contribution in [0.5, 0.6) is 5.75 Å². The highest BCUT2D eigenvalue weighted by Gasteiger charge is 2.14. The zero-order chi connectivity index (χ0) is 18.8. The highest BCUT2D eigenvalue weighted by atomic mass is 16.5. The first-order valence-electron chi connectivity index (χ1n) is 8.95. The van der Waals surface area contributed by atoms with Crippen LogP contribution in [0.15, 0.2) is 54.6 Å². The molecule has 0 unspecified atom stereocenters. The van der Waals surface area contributed by atoms with Crippen molar-refractivity contribution < 1.29 is 9.53 Å². The Hall–Kier alpha value is -2.37. The number of ether oxygens (including phenoxy) is 1. The van der Waals surface area contributed by atoms with Gasteiger partial charge in [0, 0.05) is 33.2 Å². The Morgan fingerprint density at radius 1 is 1.04 bits per heavy atom. The molecule has 0 saturated heterocycles. The van der Waals surface area contributed by atoms with Crippen molar-refractivity contribution in [2.75, 3.05) is 40.3 Å². The van der Waals surface area contributed by atoms with Gasteiger partial charge in [0.25, 0.3) is 0 Å². The number of nitrogens with zero attached hydrogens (tertiary/aromatic N) is 2. The van der Waals surface area contributed by atoms with Crippen LogP contribution in [0.4, 0.5) is 0 Å². The molecule has 2 N–H and O–H groups in total. The lowest BCUT2D eigenvalue weighted by molar-refractivity contribution is -0.131. The van der Waals surface area contributed by atoms with Gasteiger partial charge >= 0.3 is 0 Å². The molecule has 0 saturated carbocycles. The Balaban J connectivity index is 1.88. The molecule has 0 spiro atoms. The number of methoxy groups -OCH3 is 1. The third-order valence-electron chi connectivity index (χ3n) is 4.34. The number of carbonyl (C=O) groups excluding carboxylic acids is 1. The maximum absolute atomic E-state index is 12.6. The average Bonchev–Trinajstić information content (AvgIpc) is 2.67. The van der Waals surface area contributed by atoms with E-state index >= 15 is 0 Å². The molecule has 0 atom stereocenters. The van der Waals surface area contributed by atoms with Crippen LogP contribution in [0, 0.1) is 0 Å². The number of amides is 1. The predicted octanol–water partition coefficient (Wildman–Crippen LogP) is 2.16. The molecule has 0 aliphatic carbocycles. The third-order valence-corrected chi connectivity index (χ3v) is 4.34. The van der Waals surface area contributed by atoms with Crippen molar-refractivity contribution >= 4 is 5.91 Å². The van der Waals surface area contributed by atoms with Crippen LogP contribution in [-0.2, 0) is 17.8 Å². The van der Waals surface area contributed by atoms with Crippen LogP contribution in [-0.4, -0.2) is 56.0 Å². The largest absolute Gasteiger partial charge is 0.497 e. The second-order valence-electron chi connectivity index (χ2n) is 6.40. The lowest BCUT2D eigenvalue weighted by atomic mass is 10.1. The lowest BCUT2D eigenvalue weighted by Gasteiger charge is -2.25. The number of rotatable bonds is 10. The molecular weight excluding hydrogens is 326 g/mol. The molecule has 1 amide bonds. The van der Waals surface area contributed by atoms with Gasteiger partial charge in [-0.3, -0.25) is 9.69 Å². The van der Waals surface area contributed by atoms with Gasteiger partial charge in [0.2, 0.25) is 5.91 Å². The van der Waals surface area contributed by atoms with E-state index in [-0.39, 0.29) is 5.91 Å². The van der Waals surface area contributed by atoms with Crippen molar-refractivity contribution in [3.05, 3.63) is 65.7 Å². The summed E-state index contributed by atoms with van der Waals surface area (Å²) in [4.78, 5) is 16.5. The molecule has 0 heterocycles. The Morgan fingerprint density at radius 2 is 1.77 bits per heavy atom. The Morgan fingerprint density at radius 3 is 2.46 bits per heavy atom. The monoisotopic (exact) mass is 355 g/mol. The van der Waals surface area contributed by atoms with Crippen molar-refractivity contribution in [2.24, 2.45) is 5.73 Å². The van der Waals surface area contributed by atoms with Gasteiger partial charge in [-0.05, 0) is 29.7 Å². The molecule has 5 heteroatoms. The van der Waals surface area contributed by atoms with E-state index in [1.807, 2.05) is 49.5 Å². The van der Waals surface area contributed by atoms with E-state index in [9.17, 15) is 4.79 Å². The van der Waals surface area contributed by atoms with Gasteiger partial charge in [-0.1, -0.05) is 42.5 Å². The smallest absolute Gasteiger partial charge is 0.236 e. The number of nitrogens with two attached hydrogens (primary N) is 1. The fourth-order valence-corrected chi connectivity index (χ4v) is 2.83. The van der Waals surface area contributed by atoms with Gasteiger partial charge in [-0.25, -0.2) is 0 Å². The summed E-state index contributed by atoms with van der Waals surface area (Å²) in [5.41, 5.74) is 8.05. The first-order valence-corrected chi connectivity index (χ1v) is 8.95. The third kappa shape index (κ3) is 6.50. The molecule has 2 aromatic carbocycles. The van der Waals surface area contributed by atoms with Crippen LogP contribution in [0.25, 0.3) is 0 Å². The SMILES string of the molecule is COc1cccc(CN(C)C(=O)CN(CCN)CCc2ccccc2)c1. The predicted molar refractivity (Wildman–Crippen MR) is 105 cm³/mol. The summed E-state index contributed by atoms with van der Waals surface area (Å²) in [6.45, 7) is 3.02. The summed E-state index contributed by atoms with van der Waals surface area (Å²) in [6.07, 6.45) is 0.910. The van der Waals surface area contributed by atoms with Crippen molar-refractivity contribution in [2.45, 2.75) is 13.0 Å². The van der Waals surface area contributed by atoms with Gasteiger partial charge in [0.05, 0.1) is 13.7 Å². The number of carbonyl (C=O) groups is 1. The van der Waals surface area contributed by atoms with E-state index in [1.165, 1.54) is 5.56 Å². The summed E-state index contributed by atoms with van der Waals surface area (Å²) in [6, 6.07) is 18.1. The molecule has 2 rings (SSSR count). The maximum atomic E-state index is 12.6. The second kappa shape index (κ2) is 10.6. The second-order valence-corrected chi connectivity index (χ2v) is 6.40. The molecule has 0 bridgehead atoms. The average molecular weight is 355 g/mol. The lowest BCUT2D eigenvalue weighted by Crippen LogP contribution is -2.41. The molecule has 0 fully saturated rings. The van der Waals surface area contributed by atoms with E-state index in [0.29, 0.717) is 26.2 Å². The molecule has 0 radical (unpaired) electrons. The zero-order valence-electron chi connectivity index (χ0n) is 15.7. The van der Waals surface area contributed by atoms with Crippen molar-refractivity contribution in [3.8, 4) is 5.75 Å². The molecular formula is C21H29N3O2. The van der Waals surface area contributed by atoms with Crippen LogP contribution in [0.3, 0.4) is 0 Å². The van der Waals surface area contributed by atoms with Crippen molar-refractivity contribution in [3.63, 3.8) is 0 Å². The van der Waals surface area contributed by atoms with Crippen LogP contribution in [0.2, 0.25) is 0 Å². The van der Waals surface area contributed by atoms with E-state index in [4.69, 9.17) is 10.5 Å². The van der Waals surface area contributed by atoms with Crippen LogP contribution in [0.1, 0.15) is 11.1 Å². The quantitative estimate of drug-likeness (QED) is 0.709. The Bertz CT molecular complexity index is 676. The van der Waals surface area contributed by atoms with Crippen LogP contribution < -0.4 is 10.5 Å². The summed E-state index contributed by atoms with van der Waals surface area (Å²) < 4.78 is 5.24. The summed E-state index contributed by atoms with van der Waals surface area (Å²) in [5, 5.41) is 0. The summed E-state index contributed by atoms with van der Waals surface area (Å²) in [5.74, 6) is 0.894. The standard InChI is InChI=1S/C21H29N3O2/c1-23(16-19-9-6-10-20(15-19)26-2)21(25)17-24(14-12-22)13-11-18-7-4-3-5-8-18/h3-10,15H,11-14,16-17,22H2,1-2H3. The normalized spacial score (nSPS) is 10.8. The fraction of sp³-hybridized carbons (Fsp3) is 0.381. The number of benzene rings is 2. The van der Waals surface area contributed by atoms with Crippen molar-refractivity contribution in [1.29, 1.82) is 0 Å². The molecule has 5 nitrogen and oxygen atoms in total. The van der Waals surface area contributed by atoms with Gasteiger partial charge in [-0.2, -0.15) is 0 Å². The number of likely N-dealkylation sites (N-methyl/N-ethyl adjacent to an activating group) is 1. The Kier molecular flexibility index (Phi) is 8.12. The van der Waals surface area contributed by atoms with E-state index in [2.05, 4.69) is 17.0 Å². The molecule has 0 aliphatic rings. The highest BCUT2D eigenvalue weighted by molar-refractivity contribution is 5.78. The topological polar surface area (TPSA) is 58.8 Å². The van der Waals surface area contributed by atoms with E-state index in [1.54, 1.807) is 12.0 Å². The summed E-state index contributed by atoms with van der Waals surface area (Å²) in [7, 11) is 3.48. The fourth-order valence-electron chi connectivity index (χ4n) is 2.83. The van der Waals surface area contributed by atoms with E-state index in [0.717, 1.165) is 24.3 Å². The Labute approximate surface area is 156 Å².